The third-order valence-electron chi connectivity index (χ3n) is 5.62. The van der Waals surface area contributed by atoms with Crippen LogP contribution in [0.1, 0.15) is 27.9 Å². The Kier molecular flexibility index (Phi) is 5.37. The Morgan fingerprint density at radius 3 is 2.65 bits per heavy atom. The molecule has 0 saturated heterocycles. The van der Waals surface area contributed by atoms with Crippen LogP contribution in [0.25, 0.3) is 11.0 Å². The lowest BCUT2D eigenvalue weighted by atomic mass is 9.99. The molecule has 1 aliphatic rings. The predicted molar refractivity (Wildman–Crippen MR) is 120 cm³/mol. The quantitative estimate of drug-likeness (QED) is 0.360. The number of aliphatic hydroxyl groups is 1. The van der Waals surface area contributed by atoms with Crippen LogP contribution in [0.15, 0.2) is 81.0 Å². The Morgan fingerprint density at radius 1 is 1.21 bits per heavy atom. The van der Waals surface area contributed by atoms with Gasteiger partial charge in [-0.25, -0.2) is 4.39 Å². The average Bonchev–Trinajstić information content (AvgIpc) is 3.55. The maximum Gasteiger partial charge on any atom is 0.290 e. The van der Waals surface area contributed by atoms with Crippen LogP contribution in [0.5, 0.6) is 5.75 Å². The number of carbonyl (C=O) groups is 2. The lowest BCUT2D eigenvalue weighted by Crippen LogP contribution is -2.30. The number of ether oxygens (including phenoxy) is 1. The number of fused-ring (bicyclic) bond motifs is 1. The fourth-order valence-electron chi connectivity index (χ4n) is 4.06. The molecule has 4 aromatic rings. The minimum Gasteiger partial charge on any atom is -0.503 e. The highest BCUT2D eigenvalue weighted by Crippen LogP contribution is 2.41. The Balaban J connectivity index is 1.57. The van der Waals surface area contributed by atoms with E-state index in [0.29, 0.717) is 27.3 Å². The van der Waals surface area contributed by atoms with Gasteiger partial charge in [-0.2, -0.15) is 0 Å². The summed E-state index contributed by atoms with van der Waals surface area (Å²) in [5.74, 6) is -2.07. The van der Waals surface area contributed by atoms with Crippen LogP contribution >= 0.6 is 11.6 Å². The first kappa shape index (κ1) is 21.8. The van der Waals surface area contributed by atoms with Gasteiger partial charge in [0.2, 0.25) is 5.78 Å². The lowest BCUT2D eigenvalue weighted by molar-refractivity contribution is -0.130. The van der Waals surface area contributed by atoms with E-state index < -0.39 is 29.3 Å². The summed E-state index contributed by atoms with van der Waals surface area (Å²) in [6.07, 6.45) is 1.40. The van der Waals surface area contributed by atoms with Crippen LogP contribution in [-0.2, 0) is 11.3 Å². The molecule has 0 spiro atoms. The van der Waals surface area contributed by atoms with Gasteiger partial charge in [-0.1, -0.05) is 23.7 Å². The van der Waals surface area contributed by atoms with Crippen molar-refractivity contribution < 1.29 is 32.7 Å². The summed E-state index contributed by atoms with van der Waals surface area (Å²) in [6.45, 7) is 0.00881. The Morgan fingerprint density at radius 2 is 1.97 bits per heavy atom. The molecule has 0 fully saturated rings. The van der Waals surface area contributed by atoms with Gasteiger partial charge < -0.3 is 23.6 Å². The van der Waals surface area contributed by atoms with Crippen LogP contribution in [0.3, 0.4) is 0 Å². The van der Waals surface area contributed by atoms with Gasteiger partial charge in [0.25, 0.3) is 5.91 Å². The van der Waals surface area contributed by atoms with E-state index in [0.717, 1.165) is 0 Å². The average molecular weight is 482 g/mol. The van der Waals surface area contributed by atoms with Crippen molar-refractivity contribution in [2.45, 2.75) is 12.6 Å². The lowest BCUT2D eigenvalue weighted by Gasteiger charge is -2.24. The number of aliphatic hydroxyl groups excluding tert-OH is 1. The molecule has 9 heteroatoms. The van der Waals surface area contributed by atoms with Gasteiger partial charge in [0.05, 0.1) is 18.9 Å². The SMILES string of the molecule is COc1cc(Cl)cc2cc(C(=O)C3=C(O)C(=O)N(Cc4ccc(F)cc4)C3c3ccco3)oc12. The van der Waals surface area contributed by atoms with E-state index in [1.807, 2.05) is 0 Å². The number of hydrogen-bond acceptors (Lipinski definition) is 6. The number of amides is 1. The molecule has 2 aromatic heterocycles. The highest BCUT2D eigenvalue weighted by Gasteiger charge is 2.46. The van der Waals surface area contributed by atoms with Crippen molar-refractivity contribution in [3.05, 3.63) is 100 Å². The predicted octanol–water partition coefficient (Wildman–Crippen LogP) is 5.61. The number of ketones is 1. The van der Waals surface area contributed by atoms with Gasteiger partial charge in [0.1, 0.15) is 17.6 Å². The molecule has 0 radical (unpaired) electrons. The van der Waals surface area contributed by atoms with E-state index in [9.17, 15) is 19.1 Å². The molecule has 5 rings (SSSR count). The van der Waals surface area contributed by atoms with E-state index in [1.54, 1.807) is 24.3 Å². The zero-order chi connectivity index (χ0) is 24.0. The minimum atomic E-state index is -1.02. The van der Waals surface area contributed by atoms with Crippen LogP contribution in [0.2, 0.25) is 5.02 Å². The summed E-state index contributed by atoms with van der Waals surface area (Å²) >= 11 is 6.11. The number of nitrogens with zero attached hydrogens (tertiary/aromatic N) is 1. The van der Waals surface area contributed by atoms with E-state index in [1.165, 1.54) is 48.6 Å². The van der Waals surface area contributed by atoms with E-state index in [-0.39, 0.29) is 23.6 Å². The number of hydrogen-bond donors (Lipinski definition) is 1. The van der Waals surface area contributed by atoms with Gasteiger partial charge in [0, 0.05) is 23.0 Å². The number of furan rings is 2. The summed E-state index contributed by atoms with van der Waals surface area (Å²) in [5, 5.41) is 11.7. The van der Waals surface area contributed by atoms with Crippen molar-refractivity contribution in [3.63, 3.8) is 0 Å². The maximum atomic E-state index is 13.5. The van der Waals surface area contributed by atoms with E-state index in [2.05, 4.69) is 0 Å². The molecule has 1 aliphatic heterocycles. The molecule has 3 heterocycles. The second-order valence-electron chi connectivity index (χ2n) is 7.71. The second kappa shape index (κ2) is 8.39. The fraction of sp³-hybridized carbons (Fsp3) is 0.120. The van der Waals surface area contributed by atoms with E-state index >= 15 is 0 Å². The zero-order valence-corrected chi connectivity index (χ0v) is 18.5. The maximum absolute atomic E-state index is 13.5. The first-order valence-electron chi connectivity index (χ1n) is 10.2. The molecule has 34 heavy (non-hydrogen) atoms. The first-order chi connectivity index (χ1) is 16.4. The van der Waals surface area contributed by atoms with Crippen LogP contribution in [0.4, 0.5) is 4.39 Å². The zero-order valence-electron chi connectivity index (χ0n) is 17.7. The molecular formula is C25H17ClFNO6. The number of carbonyl (C=O) groups excluding carboxylic acids is 2. The van der Waals surface area contributed by atoms with Crippen LogP contribution < -0.4 is 4.74 Å². The minimum absolute atomic E-state index is 0.00881. The second-order valence-corrected chi connectivity index (χ2v) is 8.14. The standard InChI is InChI=1S/C25H17ClFNO6/c1-32-19-11-15(26)9-14-10-18(34-24(14)19)22(29)20-21(17-3-2-8-33-17)28(25(31)23(20)30)12-13-4-6-16(27)7-5-13/h2-11,21,30H,12H2,1H3. The van der Waals surface area contributed by atoms with Gasteiger partial charge in [-0.15, -0.1) is 0 Å². The monoisotopic (exact) mass is 481 g/mol. The topological polar surface area (TPSA) is 93.1 Å². The molecular weight excluding hydrogens is 465 g/mol. The molecule has 0 bridgehead atoms. The largest absolute Gasteiger partial charge is 0.503 e. The van der Waals surface area contributed by atoms with Crippen molar-refractivity contribution in [2.24, 2.45) is 0 Å². The molecule has 172 valence electrons. The first-order valence-corrected chi connectivity index (χ1v) is 10.6. The highest BCUT2D eigenvalue weighted by molar-refractivity contribution is 6.31. The van der Waals surface area contributed by atoms with Crippen LogP contribution in [0, 0.1) is 5.82 Å². The highest BCUT2D eigenvalue weighted by atomic mass is 35.5. The van der Waals surface area contributed by atoms with Crippen molar-refractivity contribution >= 4 is 34.3 Å². The normalized spacial score (nSPS) is 16.0. The molecule has 1 amide bonds. The number of Topliss-reactive ketones (excluding diaryl/α,β-unsaturated/α-hetero) is 1. The number of halogens is 2. The number of methoxy groups -OCH3 is 1. The van der Waals surface area contributed by atoms with Gasteiger partial charge in [0.15, 0.2) is 22.9 Å². The van der Waals surface area contributed by atoms with Gasteiger partial charge in [-0.05, 0) is 42.0 Å². The van der Waals surface area contributed by atoms with Crippen molar-refractivity contribution in [3.8, 4) is 5.75 Å². The van der Waals surface area contributed by atoms with Gasteiger partial charge >= 0.3 is 0 Å². The van der Waals surface area contributed by atoms with Crippen LogP contribution in [-0.4, -0.2) is 28.8 Å². The smallest absolute Gasteiger partial charge is 0.290 e. The summed E-state index contributed by atoms with van der Waals surface area (Å²) < 4.78 is 29.9. The molecule has 0 aliphatic carbocycles. The molecule has 1 N–H and O–H groups in total. The van der Waals surface area contributed by atoms with Gasteiger partial charge in [-0.3, -0.25) is 9.59 Å². The third kappa shape index (κ3) is 3.62. The number of rotatable bonds is 6. The summed E-state index contributed by atoms with van der Waals surface area (Å²) in [5.41, 5.74) is 0.722. The molecule has 7 nitrogen and oxygen atoms in total. The Bertz CT molecular complexity index is 1440. The summed E-state index contributed by atoms with van der Waals surface area (Å²) in [4.78, 5) is 27.9. The number of benzene rings is 2. The van der Waals surface area contributed by atoms with Crippen molar-refractivity contribution in [2.75, 3.05) is 7.11 Å². The third-order valence-corrected chi connectivity index (χ3v) is 5.84. The Hall–Kier alpha value is -4.04. The summed E-state index contributed by atoms with van der Waals surface area (Å²) in [6, 6.07) is 12.4. The fourth-order valence-corrected chi connectivity index (χ4v) is 4.28. The molecule has 0 saturated carbocycles. The molecule has 2 aromatic carbocycles. The molecule has 1 unspecified atom stereocenters. The Labute approximate surface area is 197 Å². The summed E-state index contributed by atoms with van der Waals surface area (Å²) in [7, 11) is 1.44. The van der Waals surface area contributed by atoms with Crippen molar-refractivity contribution in [1.82, 2.24) is 4.90 Å². The van der Waals surface area contributed by atoms with Crippen molar-refractivity contribution in [1.29, 1.82) is 0 Å². The van der Waals surface area contributed by atoms with E-state index in [4.69, 9.17) is 25.2 Å². The molecule has 1 atom stereocenters.